The number of nitrogens with zero attached hydrogens (tertiary/aromatic N) is 1. The molecule has 0 bridgehead atoms. The molecule has 0 saturated heterocycles. The summed E-state index contributed by atoms with van der Waals surface area (Å²) in [5.41, 5.74) is -0.158. The highest BCUT2D eigenvalue weighted by molar-refractivity contribution is 5.56. The fourth-order valence-electron chi connectivity index (χ4n) is 1.02. The van der Waals surface area contributed by atoms with Gasteiger partial charge in [-0.05, 0) is 12.1 Å². The van der Waals surface area contributed by atoms with Gasteiger partial charge in [0.05, 0.1) is 10.5 Å². The van der Waals surface area contributed by atoms with Crippen LogP contribution in [0.1, 0.15) is 5.56 Å². The van der Waals surface area contributed by atoms with Crippen molar-refractivity contribution in [2.75, 3.05) is 12.4 Å². The van der Waals surface area contributed by atoms with Crippen LogP contribution in [0.2, 0.25) is 0 Å². The first kappa shape index (κ1) is 11.1. The van der Waals surface area contributed by atoms with Crippen LogP contribution in [-0.4, -0.2) is 12.0 Å². The summed E-state index contributed by atoms with van der Waals surface area (Å²) in [5.74, 6) is -1.70. The normalized spacial score (nSPS) is 10.6. The topological polar surface area (TPSA) is 55.2 Å². The van der Waals surface area contributed by atoms with Crippen LogP contribution >= 0.6 is 0 Å². The molecule has 0 spiro atoms. The number of anilines is 1. The quantitative estimate of drug-likeness (QED) is 0.620. The molecule has 0 heterocycles. The zero-order chi connectivity index (χ0) is 11.4. The summed E-state index contributed by atoms with van der Waals surface area (Å²) in [5, 5.41) is 12.5. The minimum atomic E-state index is -0.850. The van der Waals surface area contributed by atoms with E-state index in [1.807, 2.05) is 0 Å². The van der Waals surface area contributed by atoms with Gasteiger partial charge >= 0.3 is 0 Å². The molecule has 0 unspecified atom stereocenters. The van der Waals surface area contributed by atoms with E-state index in [4.69, 9.17) is 0 Å². The third-order valence-electron chi connectivity index (χ3n) is 1.73. The lowest BCUT2D eigenvalue weighted by molar-refractivity contribution is -0.401. The summed E-state index contributed by atoms with van der Waals surface area (Å²) >= 11 is 0. The number of halogens is 2. The Labute approximate surface area is 84.4 Å². The molecule has 0 atom stereocenters. The van der Waals surface area contributed by atoms with Gasteiger partial charge in [-0.2, -0.15) is 0 Å². The van der Waals surface area contributed by atoms with Gasteiger partial charge in [0.2, 0.25) is 6.20 Å². The van der Waals surface area contributed by atoms with Crippen LogP contribution in [-0.2, 0) is 0 Å². The van der Waals surface area contributed by atoms with E-state index in [0.29, 0.717) is 6.20 Å². The Morgan fingerprint density at radius 1 is 1.40 bits per heavy atom. The molecule has 0 aromatic heterocycles. The fraction of sp³-hybridized carbons (Fsp3) is 0.111. The van der Waals surface area contributed by atoms with Crippen molar-refractivity contribution in [1.82, 2.24) is 0 Å². The maximum absolute atomic E-state index is 13.2. The number of hydrogen-bond donors (Lipinski definition) is 1. The molecule has 0 amide bonds. The molecule has 0 aliphatic carbocycles. The van der Waals surface area contributed by atoms with Gasteiger partial charge in [-0.25, -0.2) is 8.78 Å². The second-order valence-electron chi connectivity index (χ2n) is 2.70. The SMILES string of the molecule is CNc1cc(F)c(/C=C/[N+](=O)[O-])c(F)c1. The van der Waals surface area contributed by atoms with Crippen molar-refractivity contribution < 1.29 is 13.7 Å². The fourth-order valence-corrected chi connectivity index (χ4v) is 1.02. The van der Waals surface area contributed by atoms with Crippen LogP contribution in [0.4, 0.5) is 14.5 Å². The summed E-state index contributed by atoms with van der Waals surface area (Å²) < 4.78 is 26.4. The van der Waals surface area contributed by atoms with Crippen LogP contribution in [0.5, 0.6) is 0 Å². The molecule has 0 aliphatic rings. The van der Waals surface area contributed by atoms with Crippen molar-refractivity contribution in [3.8, 4) is 0 Å². The Balaban J connectivity index is 3.14. The lowest BCUT2D eigenvalue weighted by atomic mass is 10.1. The molecule has 0 radical (unpaired) electrons. The minimum Gasteiger partial charge on any atom is -0.388 e. The zero-order valence-electron chi connectivity index (χ0n) is 7.83. The van der Waals surface area contributed by atoms with Crippen molar-refractivity contribution in [2.45, 2.75) is 0 Å². The second-order valence-corrected chi connectivity index (χ2v) is 2.70. The first-order valence-electron chi connectivity index (χ1n) is 4.03. The highest BCUT2D eigenvalue weighted by Crippen LogP contribution is 2.19. The lowest BCUT2D eigenvalue weighted by Crippen LogP contribution is -1.95. The number of hydrogen-bond acceptors (Lipinski definition) is 3. The van der Waals surface area contributed by atoms with E-state index in [1.54, 1.807) is 0 Å². The Morgan fingerprint density at radius 2 is 1.93 bits per heavy atom. The smallest absolute Gasteiger partial charge is 0.235 e. The maximum atomic E-state index is 13.2. The molecule has 1 aromatic carbocycles. The maximum Gasteiger partial charge on any atom is 0.235 e. The van der Waals surface area contributed by atoms with E-state index in [2.05, 4.69) is 5.32 Å². The first-order valence-corrected chi connectivity index (χ1v) is 4.03. The largest absolute Gasteiger partial charge is 0.388 e. The number of nitrogens with one attached hydrogen (secondary N) is 1. The van der Waals surface area contributed by atoms with Gasteiger partial charge in [-0.15, -0.1) is 0 Å². The molecule has 1 aromatic rings. The third-order valence-corrected chi connectivity index (χ3v) is 1.73. The average molecular weight is 214 g/mol. The molecule has 0 aliphatic heterocycles. The molecule has 0 fully saturated rings. The predicted octanol–water partition coefficient (Wildman–Crippen LogP) is 2.25. The van der Waals surface area contributed by atoms with E-state index in [9.17, 15) is 18.9 Å². The van der Waals surface area contributed by atoms with Gasteiger partial charge in [0.1, 0.15) is 11.6 Å². The Hall–Kier alpha value is -1.98. The standard InChI is InChI=1S/C9H8F2N2O2/c1-12-6-4-8(10)7(9(11)5-6)2-3-13(14)15/h2-5,12H,1H3/b3-2+. The van der Waals surface area contributed by atoms with Gasteiger partial charge < -0.3 is 5.32 Å². The molecule has 1 N–H and O–H groups in total. The number of rotatable bonds is 3. The first-order chi connectivity index (χ1) is 7.04. The molecule has 1 rings (SSSR count). The van der Waals surface area contributed by atoms with Gasteiger partial charge in [0.25, 0.3) is 0 Å². The van der Waals surface area contributed by atoms with Crippen LogP contribution in [0.15, 0.2) is 18.3 Å². The molecule has 15 heavy (non-hydrogen) atoms. The molecular weight excluding hydrogens is 206 g/mol. The number of nitro groups is 1. The van der Waals surface area contributed by atoms with Gasteiger partial charge in [-0.3, -0.25) is 10.1 Å². The van der Waals surface area contributed by atoms with Crippen LogP contribution in [0.25, 0.3) is 6.08 Å². The van der Waals surface area contributed by atoms with Gasteiger partial charge in [0, 0.05) is 18.8 Å². The summed E-state index contributed by atoms with van der Waals surface area (Å²) in [6, 6.07) is 2.12. The monoisotopic (exact) mass is 214 g/mol. The van der Waals surface area contributed by atoms with E-state index in [-0.39, 0.29) is 5.69 Å². The zero-order valence-corrected chi connectivity index (χ0v) is 7.83. The van der Waals surface area contributed by atoms with Crippen molar-refractivity contribution in [3.63, 3.8) is 0 Å². The summed E-state index contributed by atoms with van der Waals surface area (Å²) in [4.78, 5) is 9.19. The van der Waals surface area contributed by atoms with Gasteiger partial charge in [-0.1, -0.05) is 0 Å². The highest BCUT2D eigenvalue weighted by atomic mass is 19.1. The van der Waals surface area contributed by atoms with Crippen LogP contribution < -0.4 is 5.32 Å². The van der Waals surface area contributed by atoms with E-state index >= 15 is 0 Å². The number of benzene rings is 1. The van der Waals surface area contributed by atoms with Crippen molar-refractivity contribution in [3.05, 3.63) is 45.6 Å². The van der Waals surface area contributed by atoms with E-state index in [1.165, 1.54) is 7.05 Å². The second kappa shape index (κ2) is 4.50. The van der Waals surface area contributed by atoms with Gasteiger partial charge in [0.15, 0.2) is 0 Å². The molecular formula is C9H8F2N2O2. The van der Waals surface area contributed by atoms with Crippen LogP contribution in [0, 0.1) is 21.7 Å². The van der Waals surface area contributed by atoms with Crippen molar-refractivity contribution in [2.24, 2.45) is 0 Å². The summed E-state index contributed by atoms with van der Waals surface area (Å²) in [7, 11) is 1.51. The predicted molar refractivity (Wildman–Crippen MR) is 51.9 cm³/mol. The average Bonchev–Trinajstić information content (AvgIpc) is 2.15. The van der Waals surface area contributed by atoms with E-state index < -0.39 is 22.1 Å². The van der Waals surface area contributed by atoms with Crippen molar-refractivity contribution >= 4 is 11.8 Å². The molecule has 80 valence electrons. The molecule has 6 heteroatoms. The Morgan fingerprint density at radius 3 is 2.33 bits per heavy atom. The molecule has 4 nitrogen and oxygen atoms in total. The summed E-state index contributed by atoms with van der Waals surface area (Å²) in [6.45, 7) is 0. The Kier molecular flexibility index (Phi) is 3.33. The van der Waals surface area contributed by atoms with Crippen LogP contribution in [0.3, 0.4) is 0 Å². The highest BCUT2D eigenvalue weighted by Gasteiger charge is 2.08. The van der Waals surface area contributed by atoms with E-state index in [0.717, 1.165) is 18.2 Å². The Bertz CT molecular complexity index is 396. The minimum absolute atomic E-state index is 0.267. The summed E-state index contributed by atoms with van der Waals surface area (Å²) in [6.07, 6.45) is 1.27. The molecule has 0 saturated carbocycles. The third kappa shape index (κ3) is 2.73. The lowest BCUT2D eigenvalue weighted by Gasteiger charge is -2.03. The van der Waals surface area contributed by atoms with Crippen molar-refractivity contribution in [1.29, 1.82) is 0 Å².